The molecular formula is C17H25N3O5. The molecule has 3 atom stereocenters. The van der Waals surface area contributed by atoms with E-state index >= 15 is 0 Å². The van der Waals surface area contributed by atoms with Crippen LogP contribution in [0.15, 0.2) is 10.6 Å². The maximum atomic E-state index is 11.7. The number of fused-ring (bicyclic) bond motifs is 1. The molecular weight excluding hydrogens is 326 g/mol. The molecule has 1 saturated carbocycles. The van der Waals surface area contributed by atoms with Crippen molar-refractivity contribution in [2.75, 3.05) is 26.2 Å². The van der Waals surface area contributed by atoms with E-state index in [1.54, 1.807) is 6.92 Å². The third kappa shape index (κ3) is 4.72. The number of hydrogen-bond donors (Lipinski definition) is 2. The summed E-state index contributed by atoms with van der Waals surface area (Å²) in [5.74, 6) is 2.07. The normalized spacial score (nSPS) is 24.8. The van der Waals surface area contributed by atoms with Gasteiger partial charge in [0.2, 0.25) is 0 Å². The summed E-state index contributed by atoms with van der Waals surface area (Å²) in [5, 5.41) is 9.79. The maximum absolute atomic E-state index is 11.7. The second-order valence-electron chi connectivity index (χ2n) is 6.71. The SMILES string of the molecule is CCOC(=O)c1cc(COC(=O)NCC[C@H]2C[C@H]3CNC[C@H]3C2)on1. The molecule has 0 bridgehead atoms. The highest BCUT2D eigenvalue weighted by molar-refractivity contribution is 5.87. The first kappa shape index (κ1) is 17.7. The second kappa shape index (κ2) is 8.33. The molecule has 138 valence electrons. The van der Waals surface area contributed by atoms with Crippen molar-refractivity contribution in [3.05, 3.63) is 17.5 Å². The van der Waals surface area contributed by atoms with Crippen LogP contribution in [-0.2, 0) is 16.1 Å². The molecule has 2 aliphatic rings. The van der Waals surface area contributed by atoms with Crippen LogP contribution in [0.3, 0.4) is 0 Å². The van der Waals surface area contributed by atoms with Crippen LogP contribution in [0.25, 0.3) is 0 Å². The van der Waals surface area contributed by atoms with Crippen molar-refractivity contribution in [2.24, 2.45) is 17.8 Å². The summed E-state index contributed by atoms with van der Waals surface area (Å²) in [6.07, 6.45) is 3.00. The van der Waals surface area contributed by atoms with Gasteiger partial charge in [-0.3, -0.25) is 0 Å². The average molecular weight is 351 g/mol. The van der Waals surface area contributed by atoms with E-state index < -0.39 is 12.1 Å². The molecule has 2 N–H and O–H groups in total. The van der Waals surface area contributed by atoms with Gasteiger partial charge in [-0.15, -0.1) is 0 Å². The van der Waals surface area contributed by atoms with Gasteiger partial charge >= 0.3 is 12.1 Å². The molecule has 0 spiro atoms. The minimum absolute atomic E-state index is 0.0714. The third-order valence-corrected chi connectivity index (χ3v) is 4.96. The summed E-state index contributed by atoms with van der Waals surface area (Å²) in [6.45, 7) is 4.79. The van der Waals surface area contributed by atoms with E-state index in [1.165, 1.54) is 18.9 Å². The predicted octanol–water partition coefficient (Wildman–Crippen LogP) is 1.71. The number of carbonyl (C=O) groups excluding carboxylic acids is 2. The van der Waals surface area contributed by atoms with Crippen molar-refractivity contribution >= 4 is 12.1 Å². The number of nitrogens with one attached hydrogen (secondary N) is 2. The fraction of sp³-hybridized carbons (Fsp3) is 0.706. The van der Waals surface area contributed by atoms with Gasteiger partial charge in [0.25, 0.3) is 0 Å². The molecule has 3 rings (SSSR count). The van der Waals surface area contributed by atoms with E-state index in [1.807, 2.05) is 0 Å². The average Bonchev–Trinajstić information content (AvgIpc) is 3.29. The number of aromatic nitrogens is 1. The lowest BCUT2D eigenvalue weighted by molar-refractivity contribution is 0.0514. The van der Waals surface area contributed by atoms with Crippen LogP contribution in [0.2, 0.25) is 0 Å². The number of amides is 1. The van der Waals surface area contributed by atoms with Crippen LogP contribution in [0.1, 0.15) is 42.4 Å². The molecule has 2 heterocycles. The Morgan fingerprint density at radius 3 is 2.80 bits per heavy atom. The van der Waals surface area contributed by atoms with E-state index in [-0.39, 0.29) is 18.9 Å². The number of nitrogens with zero attached hydrogens (tertiary/aromatic N) is 1. The molecule has 0 unspecified atom stereocenters. The summed E-state index contributed by atoms with van der Waals surface area (Å²) >= 11 is 0. The van der Waals surface area contributed by atoms with Gasteiger partial charge in [0.1, 0.15) is 0 Å². The Kier molecular flexibility index (Phi) is 5.91. The number of rotatable bonds is 7. The highest BCUT2D eigenvalue weighted by atomic mass is 16.6. The van der Waals surface area contributed by atoms with Gasteiger partial charge in [0.15, 0.2) is 18.1 Å². The van der Waals surface area contributed by atoms with E-state index in [4.69, 9.17) is 14.0 Å². The number of hydrogen-bond acceptors (Lipinski definition) is 7. The topological polar surface area (TPSA) is 103 Å². The van der Waals surface area contributed by atoms with Crippen LogP contribution in [0.4, 0.5) is 4.79 Å². The van der Waals surface area contributed by atoms with Crippen LogP contribution >= 0.6 is 0 Å². The molecule has 25 heavy (non-hydrogen) atoms. The molecule has 0 aromatic carbocycles. The largest absolute Gasteiger partial charge is 0.461 e. The Hall–Kier alpha value is -2.09. The number of esters is 1. The molecule has 8 nitrogen and oxygen atoms in total. The minimum Gasteiger partial charge on any atom is -0.461 e. The van der Waals surface area contributed by atoms with Crippen LogP contribution in [0.5, 0.6) is 0 Å². The van der Waals surface area contributed by atoms with Gasteiger partial charge in [-0.25, -0.2) is 9.59 Å². The predicted molar refractivity (Wildman–Crippen MR) is 87.8 cm³/mol. The van der Waals surface area contributed by atoms with Crippen molar-refractivity contribution in [3.63, 3.8) is 0 Å². The third-order valence-electron chi connectivity index (χ3n) is 4.96. The van der Waals surface area contributed by atoms with E-state index in [0.29, 0.717) is 18.2 Å². The zero-order valence-electron chi connectivity index (χ0n) is 14.5. The lowest BCUT2D eigenvalue weighted by Crippen LogP contribution is -2.26. The summed E-state index contributed by atoms with van der Waals surface area (Å²) in [6, 6.07) is 1.41. The molecule has 1 aliphatic carbocycles. The molecule has 1 aromatic heterocycles. The Morgan fingerprint density at radius 2 is 2.08 bits per heavy atom. The van der Waals surface area contributed by atoms with Crippen LogP contribution in [-0.4, -0.2) is 43.5 Å². The van der Waals surface area contributed by atoms with Gasteiger partial charge in [-0.1, -0.05) is 5.16 Å². The van der Waals surface area contributed by atoms with Crippen molar-refractivity contribution in [1.29, 1.82) is 0 Å². The monoisotopic (exact) mass is 351 g/mol. The van der Waals surface area contributed by atoms with Gasteiger partial charge in [0, 0.05) is 12.6 Å². The Morgan fingerprint density at radius 1 is 1.32 bits per heavy atom. The lowest BCUT2D eigenvalue weighted by atomic mass is 10.0. The van der Waals surface area contributed by atoms with E-state index in [2.05, 4.69) is 15.8 Å². The smallest absolute Gasteiger partial charge is 0.407 e. The molecule has 1 saturated heterocycles. The standard InChI is InChI=1S/C17H25N3O5/c1-2-23-16(21)15-7-14(25-20-15)10-24-17(22)19-4-3-11-5-12-8-18-9-13(12)6-11/h7,11-13,18H,2-6,8-10H2,1H3,(H,19,22)/t11-,12-,13+. The Balaban J connectivity index is 1.31. The minimum atomic E-state index is -0.557. The number of ether oxygens (including phenoxy) is 2. The summed E-state index contributed by atoms with van der Waals surface area (Å²) < 4.78 is 14.8. The van der Waals surface area contributed by atoms with Gasteiger partial charge < -0.3 is 24.6 Å². The molecule has 1 aliphatic heterocycles. The zero-order chi connectivity index (χ0) is 17.6. The molecule has 1 amide bonds. The van der Waals surface area contributed by atoms with Crippen molar-refractivity contribution in [3.8, 4) is 0 Å². The molecule has 2 fully saturated rings. The summed E-state index contributed by atoms with van der Waals surface area (Å²) in [4.78, 5) is 23.2. The van der Waals surface area contributed by atoms with Crippen molar-refractivity contribution in [1.82, 2.24) is 15.8 Å². The van der Waals surface area contributed by atoms with Crippen LogP contribution < -0.4 is 10.6 Å². The Labute approximate surface area is 146 Å². The molecule has 0 radical (unpaired) electrons. The first-order valence-electron chi connectivity index (χ1n) is 8.89. The highest BCUT2D eigenvalue weighted by Gasteiger charge is 2.36. The van der Waals surface area contributed by atoms with Gasteiger partial charge in [-0.2, -0.15) is 0 Å². The second-order valence-corrected chi connectivity index (χ2v) is 6.71. The van der Waals surface area contributed by atoms with E-state index in [9.17, 15) is 9.59 Å². The summed E-state index contributed by atoms with van der Waals surface area (Å²) in [5.41, 5.74) is 0.0714. The molecule has 1 aromatic rings. The lowest BCUT2D eigenvalue weighted by Gasteiger charge is -2.11. The Bertz CT molecular complexity index is 591. The van der Waals surface area contributed by atoms with Crippen molar-refractivity contribution in [2.45, 2.75) is 32.8 Å². The van der Waals surface area contributed by atoms with Crippen molar-refractivity contribution < 1.29 is 23.6 Å². The first-order chi connectivity index (χ1) is 12.2. The van der Waals surface area contributed by atoms with Gasteiger partial charge in [0.05, 0.1) is 6.61 Å². The zero-order valence-corrected chi connectivity index (χ0v) is 14.5. The fourth-order valence-corrected chi connectivity index (χ4v) is 3.78. The highest BCUT2D eigenvalue weighted by Crippen LogP contribution is 2.39. The molecule has 8 heteroatoms. The number of alkyl carbamates (subject to hydrolysis) is 1. The number of carbonyl (C=O) groups is 2. The summed E-state index contributed by atoms with van der Waals surface area (Å²) in [7, 11) is 0. The quantitative estimate of drug-likeness (QED) is 0.721. The van der Waals surface area contributed by atoms with Gasteiger partial charge in [-0.05, 0) is 57.0 Å². The fourth-order valence-electron chi connectivity index (χ4n) is 3.78. The van der Waals surface area contributed by atoms with E-state index in [0.717, 1.165) is 31.3 Å². The first-order valence-corrected chi connectivity index (χ1v) is 8.89. The maximum Gasteiger partial charge on any atom is 0.407 e. The van der Waals surface area contributed by atoms with Crippen LogP contribution in [0, 0.1) is 17.8 Å².